The normalized spacial score (nSPS) is 22.1. The van der Waals surface area contributed by atoms with Gasteiger partial charge in [0.05, 0.1) is 48.3 Å². The number of aliphatic hydroxyl groups excluding tert-OH is 1. The SMILES string of the molecule is COc1cc2c(c(OC)c1OC)-c1c(cc(OC)c(OC)c1OC)[C@@H](O)[C@](C)(O)[C@@H](C)C2. The van der Waals surface area contributed by atoms with Crippen molar-refractivity contribution in [3.05, 3.63) is 23.3 Å². The minimum atomic E-state index is -1.45. The highest BCUT2D eigenvalue weighted by Crippen LogP contribution is 2.57. The van der Waals surface area contributed by atoms with Gasteiger partial charge in [-0.25, -0.2) is 0 Å². The smallest absolute Gasteiger partial charge is 0.203 e. The molecule has 3 atom stereocenters. The molecule has 2 aromatic rings. The minimum Gasteiger partial charge on any atom is -0.493 e. The zero-order chi connectivity index (χ0) is 23.8. The summed E-state index contributed by atoms with van der Waals surface area (Å²) >= 11 is 0. The first-order valence-electron chi connectivity index (χ1n) is 10.3. The summed E-state index contributed by atoms with van der Waals surface area (Å²) in [7, 11) is 9.15. The van der Waals surface area contributed by atoms with Crippen LogP contribution in [0.15, 0.2) is 12.1 Å². The maximum Gasteiger partial charge on any atom is 0.203 e. The molecule has 2 aromatic carbocycles. The second-order valence-electron chi connectivity index (χ2n) is 8.02. The standard InChI is InChI=1S/C24H32O8/c1-12-9-13-10-15(27-3)19(29-5)21(31-7)17(13)18-14(23(25)24(12,2)26)11-16(28-4)20(30-6)22(18)32-8/h10-12,23,25-26H,9H2,1-8H3/t12-,23+,24+/m0/s1. The summed E-state index contributed by atoms with van der Waals surface area (Å²) in [5.41, 5.74) is 1.00. The van der Waals surface area contributed by atoms with Crippen LogP contribution in [0, 0.1) is 5.92 Å². The molecule has 0 fully saturated rings. The molecule has 0 spiro atoms. The first-order chi connectivity index (χ1) is 15.2. The Morgan fingerprint density at radius 2 is 1.22 bits per heavy atom. The Morgan fingerprint density at radius 3 is 1.69 bits per heavy atom. The van der Waals surface area contributed by atoms with Crippen molar-refractivity contribution in [1.82, 2.24) is 0 Å². The Kier molecular flexibility index (Phi) is 6.67. The van der Waals surface area contributed by atoms with Crippen molar-refractivity contribution in [1.29, 1.82) is 0 Å². The lowest BCUT2D eigenvalue weighted by Crippen LogP contribution is -2.41. The van der Waals surface area contributed by atoms with Gasteiger partial charge in [-0.1, -0.05) is 6.92 Å². The van der Waals surface area contributed by atoms with Gasteiger partial charge in [0.1, 0.15) is 6.10 Å². The highest BCUT2D eigenvalue weighted by Gasteiger charge is 2.43. The Balaban J connectivity index is 2.60. The van der Waals surface area contributed by atoms with Gasteiger partial charge < -0.3 is 38.6 Å². The van der Waals surface area contributed by atoms with Gasteiger partial charge in [-0.2, -0.15) is 0 Å². The van der Waals surface area contributed by atoms with Crippen molar-refractivity contribution in [2.75, 3.05) is 42.7 Å². The second kappa shape index (κ2) is 8.96. The van der Waals surface area contributed by atoms with Crippen molar-refractivity contribution >= 4 is 0 Å². The Hall–Kier alpha value is -2.84. The molecule has 1 aliphatic carbocycles. The lowest BCUT2D eigenvalue weighted by molar-refractivity contribution is -0.0989. The van der Waals surface area contributed by atoms with Crippen molar-refractivity contribution in [3.63, 3.8) is 0 Å². The number of fused-ring (bicyclic) bond motifs is 3. The van der Waals surface area contributed by atoms with Crippen LogP contribution in [0.2, 0.25) is 0 Å². The summed E-state index contributed by atoms with van der Waals surface area (Å²) in [6.07, 6.45) is -0.806. The molecule has 0 saturated heterocycles. The summed E-state index contributed by atoms with van der Waals surface area (Å²) < 4.78 is 33.9. The van der Waals surface area contributed by atoms with E-state index in [4.69, 9.17) is 28.4 Å². The third kappa shape index (κ3) is 3.47. The van der Waals surface area contributed by atoms with Crippen LogP contribution in [-0.4, -0.2) is 58.5 Å². The van der Waals surface area contributed by atoms with E-state index in [0.29, 0.717) is 57.6 Å². The van der Waals surface area contributed by atoms with Crippen molar-refractivity contribution in [3.8, 4) is 45.6 Å². The number of aliphatic hydroxyl groups is 2. The van der Waals surface area contributed by atoms with Gasteiger partial charge in [0.25, 0.3) is 0 Å². The molecule has 0 aliphatic heterocycles. The first kappa shape index (κ1) is 23.8. The Bertz CT molecular complexity index is 998. The van der Waals surface area contributed by atoms with Crippen LogP contribution in [0.25, 0.3) is 11.1 Å². The summed E-state index contributed by atoms with van der Waals surface area (Å²) in [5.74, 6) is 2.09. The summed E-state index contributed by atoms with van der Waals surface area (Å²) in [5, 5.41) is 22.7. The summed E-state index contributed by atoms with van der Waals surface area (Å²) in [6.45, 7) is 3.51. The molecule has 2 N–H and O–H groups in total. The van der Waals surface area contributed by atoms with Gasteiger partial charge in [-0.05, 0) is 42.5 Å². The van der Waals surface area contributed by atoms with E-state index in [-0.39, 0.29) is 5.92 Å². The zero-order valence-corrected chi connectivity index (χ0v) is 19.9. The van der Waals surface area contributed by atoms with Crippen LogP contribution in [0.5, 0.6) is 34.5 Å². The quantitative estimate of drug-likeness (QED) is 0.694. The molecule has 0 saturated carbocycles. The molecule has 0 unspecified atom stereocenters. The van der Waals surface area contributed by atoms with E-state index in [1.165, 1.54) is 28.4 Å². The van der Waals surface area contributed by atoms with Gasteiger partial charge in [0.15, 0.2) is 23.0 Å². The van der Waals surface area contributed by atoms with Crippen LogP contribution in [0.3, 0.4) is 0 Å². The molecule has 0 amide bonds. The molecule has 0 aromatic heterocycles. The fourth-order valence-corrected chi connectivity index (χ4v) is 4.41. The van der Waals surface area contributed by atoms with Crippen LogP contribution in [0.4, 0.5) is 0 Å². The predicted octanol–water partition coefficient (Wildman–Crippen LogP) is 3.38. The van der Waals surface area contributed by atoms with E-state index in [1.807, 2.05) is 13.0 Å². The van der Waals surface area contributed by atoms with Gasteiger partial charge in [0, 0.05) is 11.1 Å². The number of benzene rings is 2. The zero-order valence-electron chi connectivity index (χ0n) is 19.9. The van der Waals surface area contributed by atoms with Crippen LogP contribution in [0.1, 0.15) is 31.1 Å². The van der Waals surface area contributed by atoms with Gasteiger partial charge in [0.2, 0.25) is 11.5 Å². The van der Waals surface area contributed by atoms with Crippen LogP contribution < -0.4 is 28.4 Å². The number of hydrogen-bond acceptors (Lipinski definition) is 8. The largest absolute Gasteiger partial charge is 0.493 e. The summed E-state index contributed by atoms with van der Waals surface area (Å²) in [4.78, 5) is 0. The van der Waals surface area contributed by atoms with E-state index in [2.05, 4.69) is 0 Å². The molecule has 32 heavy (non-hydrogen) atoms. The lowest BCUT2D eigenvalue weighted by Gasteiger charge is -2.39. The average molecular weight is 449 g/mol. The highest BCUT2D eigenvalue weighted by atomic mass is 16.5. The molecular weight excluding hydrogens is 416 g/mol. The fraction of sp³-hybridized carbons (Fsp3) is 0.500. The monoisotopic (exact) mass is 448 g/mol. The van der Waals surface area contributed by atoms with E-state index >= 15 is 0 Å². The van der Waals surface area contributed by atoms with E-state index in [1.54, 1.807) is 27.2 Å². The van der Waals surface area contributed by atoms with Gasteiger partial charge in [-0.15, -0.1) is 0 Å². The molecule has 176 valence electrons. The van der Waals surface area contributed by atoms with E-state index in [9.17, 15) is 10.2 Å². The van der Waals surface area contributed by atoms with Crippen LogP contribution in [-0.2, 0) is 6.42 Å². The molecule has 1 aliphatic rings. The summed E-state index contributed by atoms with van der Waals surface area (Å²) in [6, 6.07) is 3.52. The molecule has 0 bridgehead atoms. The lowest BCUT2D eigenvalue weighted by atomic mass is 9.73. The average Bonchev–Trinajstić information content (AvgIpc) is 2.80. The molecule has 3 rings (SSSR count). The van der Waals surface area contributed by atoms with E-state index in [0.717, 1.165) is 5.56 Å². The predicted molar refractivity (Wildman–Crippen MR) is 120 cm³/mol. The molecule has 0 radical (unpaired) electrons. The third-order valence-electron chi connectivity index (χ3n) is 6.39. The Morgan fingerprint density at radius 1 is 0.750 bits per heavy atom. The minimum absolute atomic E-state index is 0.314. The number of hydrogen-bond donors (Lipinski definition) is 2. The van der Waals surface area contributed by atoms with Crippen molar-refractivity contribution in [2.24, 2.45) is 5.92 Å². The first-order valence-corrected chi connectivity index (χ1v) is 10.3. The molecular formula is C24H32O8. The van der Waals surface area contributed by atoms with Crippen molar-refractivity contribution < 1.29 is 38.6 Å². The fourth-order valence-electron chi connectivity index (χ4n) is 4.41. The molecule has 0 heterocycles. The third-order valence-corrected chi connectivity index (χ3v) is 6.39. The Labute approximate surface area is 188 Å². The molecule has 8 heteroatoms. The maximum absolute atomic E-state index is 11.4. The van der Waals surface area contributed by atoms with Gasteiger partial charge in [-0.3, -0.25) is 0 Å². The maximum atomic E-state index is 11.4. The van der Waals surface area contributed by atoms with Crippen LogP contribution >= 0.6 is 0 Å². The van der Waals surface area contributed by atoms with Crippen molar-refractivity contribution in [2.45, 2.75) is 32.0 Å². The number of methoxy groups -OCH3 is 6. The highest BCUT2D eigenvalue weighted by molar-refractivity contribution is 5.88. The second-order valence-corrected chi connectivity index (χ2v) is 8.02. The molecule has 8 nitrogen and oxygen atoms in total. The van der Waals surface area contributed by atoms with E-state index < -0.39 is 11.7 Å². The number of ether oxygens (including phenoxy) is 6. The number of rotatable bonds is 6. The van der Waals surface area contributed by atoms with Gasteiger partial charge >= 0.3 is 0 Å². The topological polar surface area (TPSA) is 95.8 Å².